The van der Waals surface area contributed by atoms with Crippen LogP contribution >= 0.6 is 11.6 Å². The zero-order valence-corrected chi connectivity index (χ0v) is 9.86. The van der Waals surface area contributed by atoms with Gasteiger partial charge < -0.3 is 4.74 Å². The second kappa shape index (κ2) is 4.32. The Hall–Kier alpha value is -0.240. The molecule has 0 aliphatic heterocycles. The molecule has 13 heavy (non-hydrogen) atoms. The molecular formula is C10H19ClO2. The molecule has 0 heterocycles. The summed E-state index contributed by atoms with van der Waals surface area (Å²) in [6, 6.07) is 0. The molecule has 0 saturated heterocycles. The standard InChI is InChI=1S/C10H19ClO2/c1-9(2,3)7-13-8(12)10(4,5)6-11/h6-7H2,1-5H3. The van der Waals surface area contributed by atoms with Crippen LogP contribution in [-0.2, 0) is 9.53 Å². The smallest absolute Gasteiger partial charge is 0.312 e. The molecule has 0 N–H and O–H groups in total. The summed E-state index contributed by atoms with van der Waals surface area (Å²) in [5.41, 5.74) is -0.565. The fraction of sp³-hybridized carbons (Fsp3) is 0.900. The predicted molar refractivity (Wildman–Crippen MR) is 54.9 cm³/mol. The van der Waals surface area contributed by atoms with E-state index in [1.807, 2.05) is 20.8 Å². The maximum Gasteiger partial charge on any atom is 0.312 e. The van der Waals surface area contributed by atoms with Crippen LogP contribution in [0.5, 0.6) is 0 Å². The van der Waals surface area contributed by atoms with Crippen LogP contribution < -0.4 is 0 Å². The Balaban J connectivity index is 4.03. The van der Waals surface area contributed by atoms with Gasteiger partial charge in [0, 0.05) is 5.88 Å². The van der Waals surface area contributed by atoms with E-state index in [0.717, 1.165) is 0 Å². The molecule has 0 amide bonds. The van der Waals surface area contributed by atoms with E-state index in [-0.39, 0.29) is 17.3 Å². The Labute approximate surface area is 85.6 Å². The molecule has 0 unspecified atom stereocenters. The van der Waals surface area contributed by atoms with E-state index < -0.39 is 5.41 Å². The summed E-state index contributed by atoms with van der Waals surface area (Å²) in [5, 5.41) is 0. The zero-order valence-electron chi connectivity index (χ0n) is 9.11. The van der Waals surface area contributed by atoms with Gasteiger partial charge in [0.15, 0.2) is 0 Å². The van der Waals surface area contributed by atoms with Crippen molar-refractivity contribution in [3.63, 3.8) is 0 Å². The van der Waals surface area contributed by atoms with E-state index in [1.165, 1.54) is 0 Å². The van der Waals surface area contributed by atoms with E-state index in [1.54, 1.807) is 13.8 Å². The minimum Gasteiger partial charge on any atom is -0.465 e. The van der Waals surface area contributed by atoms with Crippen molar-refractivity contribution in [2.75, 3.05) is 12.5 Å². The third kappa shape index (κ3) is 5.14. The van der Waals surface area contributed by atoms with Crippen molar-refractivity contribution in [1.29, 1.82) is 0 Å². The lowest BCUT2D eigenvalue weighted by Crippen LogP contribution is -2.31. The summed E-state index contributed by atoms with van der Waals surface area (Å²) < 4.78 is 5.14. The van der Waals surface area contributed by atoms with Gasteiger partial charge in [0.1, 0.15) is 0 Å². The number of carbonyl (C=O) groups excluding carboxylic acids is 1. The average Bonchev–Trinajstić information content (AvgIpc) is 1.98. The van der Waals surface area contributed by atoms with Crippen molar-refractivity contribution >= 4 is 17.6 Å². The predicted octanol–water partition coefficient (Wildman–Crippen LogP) is 2.84. The molecule has 0 spiro atoms. The van der Waals surface area contributed by atoms with Gasteiger partial charge >= 0.3 is 5.97 Å². The van der Waals surface area contributed by atoms with Crippen molar-refractivity contribution in [3.05, 3.63) is 0 Å². The highest BCUT2D eigenvalue weighted by molar-refractivity contribution is 6.19. The molecule has 0 fully saturated rings. The number of hydrogen-bond acceptors (Lipinski definition) is 2. The van der Waals surface area contributed by atoms with E-state index in [0.29, 0.717) is 6.61 Å². The fourth-order valence-electron chi connectivity index (χ4n) is 0.532. The Morgan fingerprint density at radius 1 is 1.23 bits per heavy atom. The highest BCUT2D eigenvalue weighted by Crippen LogP contribution is 2.21. The van der Waals surface area contributed by atoms with Crippen LogP contribution in [0.2, 0.25) is 0 Å². The van der Waals surface area contributed by atoms with Crippen LogP contribution in [0.25, 0.3) is 0 Å². The Bertz CT molecular complexity index is 180. The lowest BCUT2D eigenvalue weighted by atomic mass is 9.95. The Morgan fingerprint density at radius 2 is 1.69 bits per heavy atom. The SMILES string of the molecule is CC(C)(C)COC(=O)C(C)(C)CCl. The lowest BCUT2D eigenvalue weighted by molar-refractivity contribution is -0.155. The highest BCUT2D eigenvalue weighted by Gasteiger charge is 2.29. The first-order valence-electron chi connectivity index (χ1n) is 4.42. The number of carbonyl (C=O) groups is 1. The molecule has 0 bridgehead atoms. The van der Waals surface area contributed by atoms with Crippen molar-refractivity contribution in [2.45, 2.75) is 34.6 Å². The Kier molecular flexibility index (Phi) is 4.24. The normalized spacial score (nSPS) is 12.8. The van der Waals surface area contributed by atoms with Gasteiger partial charge in [-0.25, -0.2) is 0 Å². The van der Waals surface area contributed by atoms with Crippen molar-refractivity contribution < 1.29 is 9.53 Å². The minimum absolute atomic E-state index is 0.0120. The van der Waals surface area contributed by atoms with Gasteiger partial charge in [0.05, 0.1) is 12.0 Å². The van der Waals surface area contributed by atoms with Gasteiger partial charge in [0.25, 0.3) is 0 Å². The molecule has 3 heteroatoms. The van der Waals surface area contributed by atoms with Crippen molar-refractivity contribution in [1.82, 2.24) is 0 Å². The molecule has 2 nitrogen and oxygen atoms in total. The van der Waals surface area contributed by atoms with E-state index in [4.69, 9.17) is 16.3 Å². The number of alkyl halides is 1. The molecule has 0 aliphatic carbocycles. The largest absolute Gasteiger partial charge is 0.465 e. The van der Waals surface area contributed by atoms with Gasteiger partial charge in [-0.3, -0.25) is 4.79 Å². The summed E-state index contributed by atoms with van der Waals surface area (Å²) in [7, 11) is 0. The number of ether oxygens (including phenoxy) is 1. The first-order valence-corrected chi connectivity index (χ1v) is 4.96. The molecular weight excluding hydrogens is 188 g/mol. The molecule has 0 atom stereocenters. The highest BCUT2D eigenvalue weighted by atomic mass is 35.5. The zero-order chi connectivity index (χ0) is 10.7. The van der Waals surface area contributed by atoms with Crippen molar-refractivity contribution in [3.8, 4) is 0 Å². The first-order chi connectivity index (χ1) is 5.69. The fourth-order valence-corrected chi connectivity index (χ4v) is 0.641. The molecule has 0 aliphatic rings. The summed E-state index contributed by atoms with van der Waals surface area (Å²) in [6.45, 7) is 10.1. The molecule has 0 aromatic heterocycles. The quantitative estimate of drug-likeness (QED) is 0.525. The van der Waals surface area contributed by atoms with Crippen LogP contribution in [0.4, 0.5) is 0 Å². The number of esters is 1. The third-order valence-electron chi connectivity index (χ3n) is 1.52. The van der Waals surface area contributed by atoms with E-state index in [2.05, 4.69) is 0 Å². The lowest BCUT2D eigenvalue weighted by Gasteiger charge is -2.23. The van der Waals surface area contributed by atoms with Gasteiger partial charge in [-0.05, 0) is 19.3 Å². The van der Waals surface area contributed by atoms with Crippen LogP contribution in [0.15, 0.2) is 0 Å². The minimum atomic E-state index is -0.577. The molecule has 0 rings (SSSR count). The topological polar surface area (TPSA) is 26.3 Å². The van der Waals surface area contributed by atoms with Gasteiger partial charge in [-0.1, -0.05) is 20.8 Å². The summed E-state index contributed by atoms with van der Waals surface area (Å²) in [4.78, 5) is 11.4. The number of halogens is 1. The monoisotopic (exact) mass is 206 g/mol. The summed E-state index contributed by atoms with van der Waals surface area (Å²) in [5.74, 6) is 0.0631. The summed E-state index contributed by atoms with van der Waals surface area (Å²) in [6.07, 6.45) is 0. The Morgan fingerprint density at radius 3 is 2.00 bits per heavy atom. The van der Waals surface area contributed by atoms with Crippen LogP contribution in [0, 0.1) is 10.8 Å². The van der Waals surface area contributed by atoms with Gasteiger partial charge in [-0.2, -0.15) is 0 Å². The van der Waals surface area contributed by atoms with Crippen molar-refractivity contribution in [2.24, 2.45) is 10.8 Å². The van der Waals surface area contributed by atoms with Crippen LogP contribution in [-0.4, -0.2) is 18.5 Å². The number of rotatable bonds is 3. The summed E-state index contributed by atoms with van der Waals surface area (Å²) >= 11 is 5.64. The molecule has 0 aromatic rings. The molecule has 0 saturated carbocycles. The van der Waals surface area contributed by atoms with Crippen LogP contribution in [0.1, 0.15) is 34.6 Å². The van der Waals surface area contributed by atoms with Gasteiger partial charge in [-0.15, -0.1) is 11.6 Å². The second-order valence-electron chi connectivity index (χ2n) is 5.15. The third-order valence-corrected chi connectivity index (χ3v) is 2.19. The molecule has 0 radical (unpaired) electrons. The number of hydrogen-bond donors (Lipinski definition) is 0. The van der Waals surface area contributed by atoms with Gasteiger partial charge in [0.2, 0.25) is 0 Å². The molecule has 0 aromatic carbocycles. The average molecular weight is 207 g/mol. The maximum absolute atomic E-state index is 11.4. The van der Waals surface area contributed by atoms with E-state index in [9.17, 15) is 4.79 Å². The van der Waals surface area contributed by atoms with E-state index >= 15 is 0 Å². The van der Waals surface area contributed by atoms with Crippen LogP contribution in [0.3, 0.4) is 0 Å². The first kappa shape index (κ1) is 12.8. The second-order valence-corrected chi connectivity index (χ2v) is 5.42. The maximum atomic E-state index is 11.4. The molecule has 78 valence electrons.